The Morgan fingerprint density at radius 1 is 1.04 bits per heavy atom. The van der Waals surface area contributed by atoms with Gasteiger partial charge in [0.05, 0.1) is 16.9 Å². The van der Waals surface area contributed by atoms with Crippen molar-refractivity contribution < 1.29 is 4.79 Å². The molecule has 1 aromatic heterocycles. The molecule has 0 unspecified atom stereocenters. The molecule has 0 fully saturated rings. The number of hydrogen-bond donors (Lipinski definition) is 0. The van der Waals surface area contributed by atoms with Crippen LogP contribution in [0.1, 0.15) is 21.6 Å². The Bertz CT molecular complexity index is 983. The fourth-order valence-corrected chi connectivity index (χ4v) is 3.86. The molecule has 0 N–H and O–H groups in total. The van der Waals surface area contributed by atoms with Crippen LogP contribution < -0.4 is 4.90 Å². The van der Waals surface area contributed by atoms with Crippen LogP contribution in [0.4, 0.5) is 5.69 Å². The predicted octanol–water partition coefficient (Wildman–Crippen LogP) is 3.93. The van der Waals surface area contributed by atoms with Crippen molar-refractivity contribution in [2.24, 2.45) is 0 Å². The maximum Gasteiger partial charge on any atom is 0.259 e. The average Bonchev–Trinajstić information content (AvgIpc) is 2.88. The number of amides is 1. The molecule has 1 amide bonds. The predicted molar refractivity (Wildman–Crippen MR) is 108 cm³/mol. The molecular formula is C21H21ClN4O. The monoisotopic (exact) mass is 380 g/mol. The van der Waals surface area contributed by atoms with Crippen LogP contribution in [0.3, 0.4) is 0 Å². The van der Waals surface area contributed by atoms with Gasteiger partial charge in [-0.05, 0) is 30.7 Å². The molecule has 3 aromatic rings. The number of carbonyl (C=O) groups is 1. The summed E-state index contributed by atoms with van der Waals surface area (Å²) in [5.74, 6) is -0.0789. The highest BCUT2D eigenvalue weighted by Crippen LogP contribution is 2.28. The fourth-order valence-electron chi connectivity index (χ4n) is 3.51. The number of likely N-dealkylation sites (N-methyl/N-ethyl adjacent to an activating group) is 1. The molecule has 1 aliphatic rings. The first-order valence-electron chi connectivity index (χ1n) is 8.95. The molecule has 0 saturated carbocycles. The summed E-state index contributed by atoms with van der Waals surface area (Å²) < 4.78 is 1.63. The summed E-state index contributed by atoms with van der Waals surface area (Å²) in [6.07, 6.45) is 0. The molecule has 1 aliphatic heterocycles. The molecule has 0 aliphatic carbocycles. The molecule has 2 heterocycles. The van der Waals surface area contributed by atoms with Gasteiger partial charge in [-0.15, -0.1) is 0 Å². The molecule has 0 atom stereocenters. The lowest BCUT2D eigenvalue weighted by Gasteiger charge is -2.21. The first-order chi connectivity index (χ1) is 13.1. The Kier molecular flexibility index (Phi) is 4.62. The zero-order valence-electron chi connectivity index (χ0n) is 15.4. The number of para-hydroxylation sites is 2. The minimum atomic E-state index is -0.0789. The van der Waals surface area contributed by atoms with E-state index in [1.165, 1.54) is 0 Å². The second-order valence-corrected chi connectivity index (χ2v) is 7.13. The highest BCUT2D eigenvalue weighted by molar-refractivity contribution is 6.33. The lowest BCUT2D eigenvalue weighted by Crippen LogP contribution is -2.34. The number of nitrogens with zero attached hydrogens (tertiary/aromatic N) is 4. The van der Waals surface area contributed by atoms with Crippen molar-refractivity contribution >= 4 is 23.2 Å². The summed E-state index contributed by atoms with van der Waals surface area (Å²) in [6, 6.07) is 17.8. The summed E-state index contributed by atoms with van der Waals surface area (Å²) in [4.78, 5) is 17.4. The van der Waals surface area contributed by atoms with Crippen LogP contribution in [0.15, 0.2) is 54.6 Å². The van der Waals surface area contributed by atoms with Gasteiger partial charge in [0.25, 0.3) is 5.91 Å². The van der Waals surface area contributed by atoms with E-state index in [9.17, 15) is 4.79 Å². The van der Waals surface area contributed by atoms with Crippen molar-refractivity contribution in [1.82, 2.24) is 14.7 Å². The molecular weight excluding hydrogens is 360 g/mol. The molecule has 4 rings (SSSR count). The molecule has 6 heteroatoms. The smallest absolute Gasteiger partial charge is 0.259 e. The number of hydrogen-bond acceptors (Lipinski definition) is 3. The Labute approximate surface area is 163 Å². The first kappa shape index (κ1) is 17.6. The van der Waals surface area contributed by atoms with Crippen molar-refractivity contribution in [3.05, 3.63) is 76.6 Å². The van der Waals surface area contributed by atoms with Crippen LogP contribution in [-0.4, -0.2) is 40.7 Å². The van der Waals surface area contributed by atoms with Gasteiger partial charge >= 0.3 is 0 Å². The number of aryl methyl sites for hydroxylation is 1. The van der Waals surface area contributed by atoms with Gasteiger partial charge in [-0.2, -0.15) is 5.10 Å². The molecule has 138 valence electrons. The van der Waals surface area contributed by atoms with E-state index in [0.29, 0.717) is 29.5 Å². The Hall–Kier alpha value is -2.79. The van der Waals surface area contributed by atoms with E-state index < -0.39 is 0 Å². The number of fused-ring (bicyclic) bond motifs is 1. The van der Waals surface area contributed by atoms with E-state index in [2.05, 4.69) is 29.2 Å². The van der Waals surface area contributed by atoms with E-state index in [1.54, 1.807) is 4.68 Å². The number of aromatic nitrogens is 2. The quantitative estimate of drug-likeness (QED) is 0.676. The molecule has 0 radical (unpaired) electrons. The van der Waals surface area contributed by atoms with Crippen molar-refractivity contribution in [1.29, 1.82) is 0 Å². The van der Waals surface area contributed by atoms with Crippen LogP contribution in [0, 0.1) is 6.92 Å². The second kappa shape index (κ2) is 7.08. The van der Waals surface area contributed by atoms with Gasteiger partial charge in [0.15, 0.2) is 0 Å². The van der Waals surface area contributed by atoms with E-state index >= 15 is 0 Å². The SMILES string of the molecule is Cc1nn(-c2ccccc2)c(Cl)c1C(=O)N1CCN(C)c2ccccc2C1. The minimum absolute atomic E-state index is 0.0789. The van der Waals surface area contributed by atoms with E-state index in [0.717, 1.165) is 23.5 Å². The van der Waals surface area contributed by atoms with Crippen LogP contribution >= 0.6 is 11.6 Å². The Morgan fingerprint density at radius 3 is 2.52 bits per heavy atom. The lowest BCUT2D eigenvalue weighted by atomic mass is 10.1. The number of benzene rings is 2. The third-order valence-corrected chi connectivity index (χ3v) is 5.32. The number of carbonyl (C=O) groups excluding carboxylic acids is 1. The van der Waals surface area contributed by atoms with Crippen LogP contribution in [0.5, 0.6) is 0 Å². The van der Waals surface area contributed by atoms with Crippen molar-refractivity contribution in [3.8, 4) is 5.69 Å². The highest BCUT2D eigenvalue weighted by Gasteiger charge is 2.28. The van der Waals surface area contributed by atoms with Gasteiger partial charge < -0.3 is 9.80 Å². The second-order valence-electron chi connectivity index (χ2n) is 6.78. The Morgan fingerprint density at radius 2 is 1.74 bits per heavy atom. The topological polar surface area (TPSA) is 41.4 Å². The Balaban J connectivity index is 1.69. The van der Waals surface area contributed by atoms with Crippen molar-refractivity contribution in [3.63, 3.8) is 0 Å². The van der Waals surface area contributed by atoms with Gasteiger partial charge in [-0.25, -0.2) is 4.68 Å². The highest BCUT2D eigenvalue weighted by atomic mass is 35.5. The van der Waals surface area contributed by atoms with Gasteiger partial charge in [0.2, 0.25) is 0 Å². The molecule has 0 spiro atoms. The third-order valence-electron chi connectivity index (χ3n) is 4.98. The minimum Gasteiger partial charge on any atom is -0.373 e. The molecule has 0 bridgehead atoms. The maximum absolute atomic E-state index is 13.3. The number of halogens is 1. The fraction of sp³-hybridized carbons (Fsp3) is 0.238. The van der Waals surface area contributed by atoms with Crippen LogP contribution in [0.2, 0.25) is 5.15 Å². The van der Waals surface area contributed by atoms with Crippen molar-refractivity contribution in [2.75, 3.05) is 25.0 Å². The zero-order valence-corrected chi connectivity index (χ0v) is 16.1. The lowest BCUT2D eigenvalue weighted by molar-refractivity contribution is 0.0751. The number of anilines is 1. The third kappa shape index (κ3) is 3.19. The summed E-state index contributed by atoms with van der Waals surface area (Å²) in [7, 11) is 2.05. The number of rotatable bonds is 2. The van der Waals surface area contributed by atoms with Gasteiger partial charge in [0, 0.05) is 32.4 Å². The van der Waals surface area contributed by atoms with Crippen LogP contribution in [-0.2, 0) is 6.54 Å². The largest absolute Gasteiger partial charge is 0.373 e. The summed E-state index contributed by atoms with van der Waals surface area (Å²) in [5.41, 5.74) is 4.25. The van der Waals surface area contributed by atoms with Gasteiger partial charge in [-0.3, -0.25) is 4.79 Å². The van der Waals surface area contributed by atoms with Crippen molar-refractivity contribution in [2.45, 2.75) is 13.5 Å². The maximum atomic E-state index is 13.3. The van der Waals surface area contributed by atoms with E-state index in [1.807, 2.05) is 54.3 Å². The van der Waals surface area contributed by atoms with Gasteiger partial charge in [0.1, 0.15) is 5.15 Å². The molecule has 0 saturated heterocycles. The van der Waals surface area contributed by atoms with E-state index in [4.69, 9.17) is 11.6 Å². The molecule has 5 nitrogen and oxygen atoms in total. The average molecular weight is 381 g/mol. The summed E-state index contributed by atoms with van der Waals surface area (Å²) in [5, 5.41) is 4.86. The standard InChI is InChI=1S/C21H21ClN4O/c1-15-19(20(22)26(23-15)17-9-4-3-5-10-17)21(27)25-13-12-24(2)18-11-7-6-8-16(18)14-25/h3-11H,12-14H2,1-2H3. The summed E-state index contributed by atoms with van der Waals surface area (Å²) in [6.45, 7) is 3.80. The van der Waals surface area contributed by atoms with Crippen LogP contribution in [0.25, 0.3) is 5.69 Å². The first-order valence-corrected chi connectivity index (χ1v) is 9.33. The summed E-state index contributed by atoms with van der Waals surface area (Å²) >= 11 is 6.59. The normalized spacial score (nSPS) is 14.0. The zero-order chi connectivity index (χ0) is 19.0. The molecule has 27 heavy (non-hydrogen) atoms. The van der Waals surface area contributed by atoms with E-state index in [-0.39, 0.29) is 5.91 Å². The van der Waals surface area contributed by atoms with Gasteiger partial charge in [-0.1, -0.05) is 48.0 Å². The molecule has 2 aromatic carbocycles.